The molecule has 2 atom stereocenters. The van der Waals surface area contributed by atoms with Crippen LogP contribution in [0.5, 0.6) is 0 Å². The van der Waals surface area contributed by atoms with E-state index in [-0.39, 0.29) is 18.4 Å². The molecule has 0 radical (unpaired) electrons. The lowest BCUT2D eigenvalue weighted by Crippen LogP contribution is -2.29. The summed E-state index contributed by atoms with van der Waals surface area (Å²) in [6.45, 7) is 6.24. The Morgan fingerprint density at radius 1 is 1.32 bits per heavy atom. The third-order valence-corrected chi connectivity index (χ3v) is 3.26. The normalized spacial score (nSPS) is 19.6. The molecular weight excluding hydrogens is 242 g/mol. The van der Waals surface area contributed by atoms with Gasteiger partial charge in [0, 0.05) is 13.0 Å². The van der Waals surface area contributed by atoms with Crippen LogP contribution in [0.3, 0.4) is 0 Å². The Balaban J connectivity index is 0.000000861. The van der Waals surface area contributed by atoms with Crippen molar-refractivity contribution in [3.63, 3.8) is 0 Å². The Labute approximate surface area is 114 Å². The highest BCUT2D eigenvalue weighted by molar-refractivity contribution is 5.86. The minimum Gasteiger partial charge on any atom is -0.481 e. The van der Waals surface area contributed by atoms with Crippen LogP contribution in [0, 0.1) is 5.92 Å². The minimum absolute atomic E-state index is 0.0620. The van der Waals surface area contributed by atoms with Crippen LogP contribution in [-0.4, -0.2) is 28.4 Å². The molecule has 1 heterocycles. The van der Waals surface area contributed by atoms with Crippen molar-refractivity contribution in [1.82, 2.24) is 4.90 Å². The van der Waals surface area contributed by atoms with Crippen molar-refractivity contribution in [3.8, 4) is 0 Å². The van der Waals surface area contributed by atoms with E-state index < -0.39 is 11.9 Å². The van der Waals surface area contributed by atoms with E-state index in [2.05, 4.69) is 0 Å². The maximum absolute atomic E-state index is 11.8. The number of hydrogen-bond donors (Lipinski definition) is 1. The number of rotatable bonds is 3. The van der Waals surface area contributed by atoms with E-state index >= 15 is 0 Å². The maximum Gasteiger partial charge on any atom is 0.308 e. The fraction of sp³-hybridized carbons (Fsp3) is 0.467. The molecule has 1 aliphatic rings. The largest absolute Gasteiger partial charge is 0.481 e. The van der Waals surface area contributed by atoms with E-state index in [0.29, 0.717) is 6.54 Å². The average molecular weight is 263 g/mol. The molecular formula is C15H21NO3. The molecule has 1 aromatic carbocycles. The molecule has 104 valence electrons. The summed E-state index contributed by atoms with van der Waals surface area (Å²) in [7, 11) is 0. The Bertz CT molecular complexity index is 430. The summed E-state index contributed by atoms with van der Waals surface area (Å²) >= 11 is 0. The predicted octanol–water partition coefficient (Wildman–Crippen LogP) is 2.71. The minimum atomic E-state index is -0.888. The Hall–Kier alpha value is -1.84. The standard InChI is InChI=1S/C13H15NO3.C2H6/c1-9(10-5-3-2-4-6-10)14-8-11(13(16)17)7-12(14)15;1-2/h2-6,9,11H,7-8H2,1H3,(H,16,17);1-2H3. The van der Waals surface area contributed by atoms with Gasteiger partial charge in [-0.2, -0.15) is 0 Å². The zero-order valence-electron chi connectivity index (χ0n) is 11.7. The van der Waals surface area contributed by atoms with Gasteiger partial charge >= 0.3 is 5.97 Å². The molecule has 0 saturated carbocycles. The quantitative estimate of drug-likeness (QED) is 0.912. The molecule has 1 fully saturated rings. The van der Waals surface area contributed by atoms with Crippen molar-refractivity contribution >= 4 is 11.9 Å². The number of aliphatic carboxylic acids is 1. The summed E-state index contributed by atoms with van der Waals surface area (Å²) in [5, 5.41) is 8.92. The van der Waals surface area contributed by atoms with Gasteiger partial charge in [-0.05, 0) is 12.5 Å². The maximum atomic E-state index is 11.8. The van der Waals surface area contributed by atoms with Crippen molar-refractivity contribution < 1.29 is 14.7 Å². The number of carboxylic acids is 1. The molecule has 2 rings (SSSR count). The highest BCUT2D eigenvalue weighted by Gasteiger charge is 2.36. The molecule has 2 unspecified atom stereocenters. The van der Waals surface area contributed by atoms with Gasteiger partial charge in [-0.15, -0.1) is 0 Å². The lowest BCUT2D eigenvalue weighted by atomic mass is 10.1. The van der Waals surface area contributed by atoms with Gasteiger partial charge < -0.3 is 10.0 Å². The van der Waals surface area contributed by atoms with Crippen LogP contribution in [0.1, 0.15) is 38.8 Å². The van der Waals surface area contributed by atoms with Crippen LogP contribution < -0.4 is 0 Å². The second-order valence-corrected chi connectivity index (χ2v) is 4.37. The summed E-state index contributed by atoms with van der Waals surface area (Å²) in [4.78, 5) is 24.3. The number of carbonyl (C=O) groups is 2. The van der Waals surface area contributed by atoms with E-state index in [1.54, 1.807) is 4.90 Å². The Morgan fingerprint density at radius 3 is 2.37 bits per heavy atom. The lowest BCUT2D eigenvalue weighted by molar-refractivity contribution is -0.141. The second kappa shape index (κ2) is 6.92. The molecule has 4 heteroatoms. The molecule has 1 aliphatic heterocycles. The molecule has 0 spiro atoms. The zero-order valence-corrected chi connectivity index (χ0v) is 11.7. The van der Waals surface area contributed by atoms with Gasteiger partial charge in [-0.1, -0.05) is 44.2 Å². The van der Waals surface area contributed by atoms with Gasteiger partial charge in [0.15, 0.2) is 0 Å². The first-order chi connectivity index (χ1) is 9.09. The number of carbonyl (C=O) groups excluding carboxylic acids is 1. The molecule has 4 nitrogen and oxygen atoms in total. The average Bonchev–Trinajstić information content (AvgIpc) is 2.83. The van der Waals surface area contributed by atoms with Crippen molar-refractivity contribution in [2.75, 3.05) is 6.54 Å². The second-order valence-electron chi connectivity index (χ2n) is 4.37. The predicted molar refractivity (Wildman–Crippen MR) is 73.7 cm³/mol. The van der Waals surface area contributed by atoms with E-state index in [1.807, 2.05) is 51.1 Å². The van der Waals surface area contributed by atoms with Gasteiger partial charge in [-0.25, -0.2) is 0 Å². The topological polar surface area (TPSA) is 57.6 Å². The van der Waals surface area contributed by atoms with E-state index in [1.165, 1.54) is 0 Å². The summed E-state index contributed by atoms with van der Waals surface area (Å²) in [5.74, 6) is -1.52. The third kappa shape index (κ3) is 3.56. The van der Waals surface area contributed by atoms with E-state index in [0.717, 1.165) is 5.56 Å². The van der Waals surface area contributed by atoms with Crippen LogP contribution in [0.4, 0.5) is 0 Å². The first kappa shape index (κ1) is 15.2. The first-order valence-corrected chi connectivity index (χ1v) is 6.67. The van der Waals surface area contributed by atoms with Gasteiger partial charge in [-0.3, -0.25) is 9.59 Å². The summed E-state index contributed by atoms with van der Waals surface area (Å²) < 4.78 is 0. The Kier molecular flexibility index (Phi) is 5.55. The fourth-order valence-electron chi connectivity index (χ4n) is 2.18. The van der Waals surface area contributed by atoms with Gasteiger partial charge in [0.1, 0.15) is 0 Å². The molecule has 19 heavy (non-hydrogen) atoms. The van der Waals surface area contributed by atoms with E-state index in [4.69, 9.17) is 5.11 Å². The van der Waals surface area contributed by atoms with Crippen LogP contribution in [0.15, 0.2) is 30.3 Å². The van der Waals surface area contributed by atoms with Crippen LogP contribution >= 0.6 is 0 Å². The first-order valence-electron chi connectivity index (χ1n) is 6.67. The number of amides is 1. The smallest absolute Gasteiger partial charge is 0.308 e. The molecule has 1 aromatic rings. The lowest BCUT2D eigenvalue weighted by Gasteiger charge is -2.24. The molecule has 1 saturated heterocycles. The Morgan fingerprint density at radius 2 is 1.89 bits per heavy atom. The third-order valence-electron chi connectivity index (χ3n) is 3.26. The number of likely N-dealkylation sites (tertiary alicyclic amines) is 1. The van der Waals surface area contributed by atoms with Gasteiger partial charge in [0.25, 0.3) is 0 Å². The number of benzene rings is 1. The van der Waals surface area contributed by atoms with Gasteiger partial charge in [0.2, 0.25) is 5.91 Å². The summed E-state index contributed by atoms with van der Waals surface area (Å²) in [5.41, 5.74) is 1.03. The van der Waals surface area contributed by atoms with Crippen molar-refractivity contribution in [2.45, 2.75) is 33.2 Å². The SMILES string of the molecule is CC.CC(c1ccccc1)N1CC(C(=O)O)CC1=O. The van der Waals surface area contributed by atoms with Crippen molar-refractivity contribution in [1.29, 1.82) is 0 Å². The molecule has 1 amide bonds. The van der Waals surface area contributed by atoms with E-state index in [9.17, 15) is 9.59 Å². The molecule has 0 aromatic heterocycles. The summed E-state index contributed by atoms with van der Waals surface area (Å²) in [6, 6.07) is 9.59. The van der Waals surface area contributed by atoms with Crippen molar-refractivity contribution in [3.05, 3.63) is 35.9 Å². The van der Waals surface area contributed by atoms with Crippen LogP contribution in [-0.2, 0) is 9.59 Å². The monoisotopic (exact) mass is 263 g/mol. The fourth-order valence-corrected chi connectivity index (χ4v) is 2.18. The highest BCUT2D eigenvalue weighted by Crippen LogP contribution is 2.28. The van der Waals surface area contributed by atoms with Crippen LogP contribution in [0.25, 0.3) is 0 Å². The zero-order chi connectivity index (χ0) is 14.4. The molecule has 0 aliphatic carbocycles. The summed E-state index contributed by atoms with van der Waals surface area (Å²) in [6.07, 6.45) is 0.118. The highest BCUT2D eigenvalue weighted by atomic mass is 16.4. The number of carboxylic acid groups (broad SMARTS) is 1. The molecule has 0 bridgehead atoms. The van der Waals surface area contributed by atoms with Gasteiger partial charge in [0.05, 0.1) is 12.0 Å². The van der Waals surface area contributed by atoms with Crippen LogP contribution in [0.2, 0.25) is 0 Å². The molecule has 1 N–H and O–H groups in total. The van der Waals surface area contributed by atoms with Crippen molar-refractivity contribution in [2.24, 2.45) is 5.92 Å². The number of nitrogens with zero attached hydrogens (tertiary/aromatic N) is 1. The number of hydrogen-bond acceptors (Lipinski definition) is 2.